The van der Waals surface area contributed by atoms with E-state index >= 15 is 0 Å². The van der Waals surface area contributed by atoms with Crippen LogP contribution in [0.15, 0.2) is 15.8 Å². The molecule has 0 amide bonds. The highest BCUT2D eigenvalue weighted by molar-refractivity contribution is 7.66. The van der Waals surface area contributed by atoms with Gasteiger partial charge in [-0.15, -0.1) is 0 Å². The fourth-order valence-electron chi connectivity index (χ4n) is 2.71. The molecule has 0 aliphatic carbocycles. The first-order valence-corrected chi connectivity index (χ1v) is 13.0. The third kappa shape index (κ3) is 7.75. The molecule has 0 radical (unpaired) electrons. The van der Waals surface area contributed by atoms with E-state index in [0.717, 1.165) is 17.7 Å². The molecule has 6 N–H and O–H groups in total. The summed E-state index contributed by atoms with van der Waals surface area (Å²) in [5, 5.41) is 10.4. The summed E-state index contributed by atoms with van der Waals surface area (Å²) in [4.78, 5) is 72.8. The number of rotatable bonds is 9. The fraction of sp³-hybridized carbons (Fsp3) is 0.583. The molecule has 2 rings (SSSR count). The van der Waals surface area contributed by atoms with Gasteiger partial charge >= 0.3 is 35.1 Å². The third-order valence-electron chi connectivity index (χ3n) is 3.90. The second-order valence-corrected chi connectivity index (χ2v) is 10.9. The van der Waals surface area contributed by atoms with Crippen LogP contribution in [-0.4, -0.2) is 65.1 Å². The highest BCUT2D eigenvalue weighted by Crippen LogP contribution is 2.66. The first-order valence-electron chi connectivity index (χ1n) is 8.50. The van der Waals surface area contributed by atoms with E-state index in [9.17, 15) is 38.1 Å². The van der Waals surface area contributed by atoms with Gasteiger partial charge in [0.2, 0.25) is 0 Å². The van der Waals surface area contributed by atoms with Crippen LogP contribution < -0.4 is 11.2 Å². The van der Waals surface area contributed by atoms with Gasteiger partial charge in [-0.25, -0.2) is 18.5 Å². The van der Waals surface area contributed by atoms with Gasteiger partial charge in [-0.3, -0.25) is 19.1 Å². The highest BCUT2D eigenvalue weighted by atomic mass is 31.3. The van der Waals surface area contributed by atoms with Gasteiger partial charge in [0.05, 0.1) is 12.2 Å². The number of carbonyl (C=O) groups excluding carboxylic acids is 1. The molecule has 0 bridgehead atoms. The van der Waals surface area contributed by atoms with Gasteiger partial charge in [-0.05, 0) is 0 Å². The number of hydrogen-bond acceptors (Lipinski definition) is 12. The predicted molar refractivity (Wildman–Crippen MR) is 101 cm³/mol. The number of carbonyl (C=O) groups is 1. The summed E-state index contributed by atoms with van der Waals surface area (Å²) in [6.45, 7) is -0.0864. The number of phosphoric acid groups is 3. The number of hydrogen-bond donors (Lipinski definition) is 6. The molecule has 2 heterocycles. The van der Waals surface area contributed by atoms with Crippen LogP contribution >= 0.6 is 23.5 Å². The minimum absolute atomic E-state index is 0.261. The zero-order valence-corrected chi connectivity index (χ0v) is 19.3. The molecule has 0 aromatic carbocycles. The van der Waals surface area contributed by atoms with Gasteiger partial charge < -0.3 is 38.7 Å². The number of ether oxygens (including phenoxy) is 2. The summed E-state index contributed by atoms with van der Waals surface area (Å²) in [6, 6.07) is 0. The monoisotopic (exact) mass is 540 g/mol. The number of aryl methyl sites for hydroxylation is 1. The van der Waals surface area contributed by atoms with Crippen molar-refractivity contribution in [1.82, 2.24) is 9.55 Å². The maximum Gasteiger partial charge on any atom is 0.490 e. The van der Waals surface area contributed by atoms with Crippen LogP contribution in [0.2, 0.25) is 0 Å². The lowest BCUT2D eigenvalue weighted by Crippen LogP contribution is -2.38. The first kappa shape index (κ1) is 27.7. The Morgan fingerprint density at radius 2 is 1.76 bits per heavy atom. The van der Waals surface area contributed by atoms with Crippen LogP contribution in [-0.2, 0) is 48.2 Å². The minimum Gasteiger partial charge on any atom is -0.457 e. The Balaban J connectivity index is 2.22. The van der Waals surface area contributed by atoms with Crippen LogP contribution in [0.4, 0.5) is 0 Å². The highest BCUT2D eigenvalue weighted by Gasteiger charge is 2.49. The van der Waals surface area contributed by atoms with Crippen molar-refractivity contribution in [1.29, 1.82) is 0 Å². The number of H-pyrrole nitrogens is 1. The van der Waals surface area contributed by atoms with Crippen molar-refractivity contribution < 1.29 is 65.8 Å². The lowest BCUT2D eigenvalue weighted by molar-refractivity contribution is -0.153. The summed E-state index contributed by atoms with van der Waals surface area (Å²) >= 11 is 0. The zero-order chi connectivity index (χ0) is 25.4. The number of esters is 1. The number of phosphoric ester groups is 1. The van der Waals surface area contributed by atoms with Crippen LogP contribution in [0.3, 0.4) is 0 Å². The van der Waals surface area contributed by atoms with Crippen LogP contribution in [0, 0.1) is 0 Å². The average Bonchev–Trinajstić information content (AvgIpc) is 2.89. The molecule has 1 aromatic rings. The molecule has 3 unspecified atom stereocenters. The summed E-state index contributed by atoms with van der Waals surface area (Å²) in [7, 11) is -15.6. The van der Waals surface area contributed by atoms with Crippen molar-refractivity contribution in [3.63, 3.8) is 0 Å². The van der Waals surface area contributed by atoms with Crippen LogP contribution in [0.1, 0.15) is 18.6 Å². The number of nitrogens with zero attached hydrogens (tertiary/aromatic N) is 1. The van der Waals surface area contributed by atoms with E-state index in [0.29, 0.717) is 0 Å². The van der Waals surface area contributed by atoms with Crippen molar-refractivity contribution in [3.05, 3.63) is 32.6 Å². The van der Waals surface area contributed by atoms with Crippen molar-refractivity contribution in [2.75, 3.05) is 6.61 Å². The second-order valence-electron chi connectivity index (χ2n) is 6.50. The molecule has 1 aliphatic rings. The number of aromatic nitrogens is 2. The molecule has 1 fully saturated rings. The molecule has 6 atom stereocenters. The lowest BCUT2D eigenvalue weighted by atomic mass is 10.0. The van der Waals surface area contributed by atoms with Gasteiger partial charge in [-0.1, -0.05) is 0 Å². The normalized spacial score (nSPS) is 27.0. The molecule has 188 valence electrons. The zero-order valence-electron chi connectivity index (χ0n) is 16.6. The summed E-state index contributed by atoms with van der Waals surface area (Å²) in [5.74, 6) is -0.901. The van der Waals surface area contributed by atoms with Crippen molar-refractivity contribution >= 4 is 29.4 Å². The first-order chi connectivity index (χ1) is 14.9. The standard InChI is InChI=1S/C12H19N2O16P3/c1-5(15)27-10-8(16)7(28-9(10)6-3-14(2)12(18)13-11(6)17)4-26-32(22,23)30-33(24,25)29-31(19,20)21/h3,7-10,16H,4H2,1-2H3,(H,22,23)(H,24,25)(H,13,17,18)(H2,19,20,21)/t7-,8?,9+,10+/m1/s1. The van der Waals surface area contributed by atoms with E-state index in [1.165, 1.54) is 7.05 Å². The Labute approximate surface area is 183 Å². The Morgan fingerprint density at radius 3 is 2.30 bits per heavy atom. The number of aliphatic hydroxyl groups excluding tert-OH is 1. The van der Waals surface area contributed by atoms with E-state index < -0.39 is 71.7 Å². The summed E-state index contributed by atoms with van der Waals surface area (Å²) in [6.07, 6.45) is -5.35. The van der Waals surface area contributed by atoms with Crippen molar-refractivity contribution in [2.24, 2.45) is 7.05 Å². The molecule has 21 heteroatoms. The Kier molecular flexibility index (Phi) is 8.40. The number of aliphatic hydroxyl groups is 1. The number of aromatic amines is 1. The van der Waals surface area contributed by atoms with Crippen molar-refractivity contribution in [2.45, 2.75) is 31.3 Å². The third-order valence-corrected chi connectivity index (χ3v) is 7.70. The Bertz CT molecular complexity index is 1150. The SMILES string of the molecule is CC(=O)O[C@H]1C(O)[C@@H](COP(=O)(O)OP(=O)(O)OP(=O)(O)O)O[C@H]1c1cn(C)c(=O)[nH]c1=O. The van der Waals surface area contributed by atoms with E-state index in [2.05, 4.69) is 13.1 Å². The molecular formula is C12H19N2O16P3. The topological polar surface area (TPSA) is 270 Å². The molecule has 1 saturated heterocycles. The van der Waals surface area contributed by atoms with E-state index in [4.69, 9.17) is 24.2 Å². The average molecular weight is 540 g/mol. The molecule has 1 aliphatic heterocycles. The van der Waals surface area contributed by atoms with Gasteiger partial charge in [0.1, 0.15) is 18.3 Å². The van der Waals surface area contributed by atoms with Gasteiger partial charge in [0.15, 0.2) is 6.10 Å². The van der Waals surface area contributed by atoms with E-state index in [1.54, 1.807) is 0 Å². The summed E-state index contributed by atoms with van der Waals surface area (Å²) < 4.78 is 56.7. The van der Waals surface area contributed by atoms with E-state index in [1.807, 2.05) is 4.98 Å². The largest absolute Gasteiger partial charge is 0.490 e. The lowest BCUT2D eigenvalue weighted by Gasteiger charge is -2.20. The quantitative estimate of drug-likeness (QED) is 0.148. The maximum atomic E-state index is 12.2. The molecule has 1 aromatic heterocycles. The van der Waals surface area contributed by atoms with Crippen LogP contribution in [0.5, 0.6) is 0 Å². The Morgan fingerprint density at radius 1 is 1.15 bits per heavy atom. The molecular weight excluding hydrogens is 521 g/mol. The number of nitrogens with one attached hydrogen (secondary N) is 1. The van der Waals surface area contributed by atoms with Gasteiger partial charge in [-0.2, -0.15) is 8.62 Å². The summed E-state index contributed by atoms with van der Waals surface area (Å²) in [5.41, 5.74) is -1.99. The predicted octanol–water partition coefficient (Wildman–Crippen LogP) is -1.85. The molecule has 0 saturated carbocycles. The van der Waals surface area contributed by atoms with Gasteiger partial charge in [0, 0.05) is 20.2 Å². The molecule has 18 nitrogen and oxygen atoms in total. The molecule has 0 spiro atoms. The van der Waals surface area contributed by atoms with Crippen molar-refractivity contribution in [3.8, 4) is 0 Å². The molecule has 33 heavy (non-hydrogen) atoms. The second kappa shape index (κ2) is 10.00. The smallest absolute Gasteiger partial charge is 0.457 e. The maximum absolute atomic E-state index is 12.2. The Hall–Kier alpha value is -1.52. The van der Waals surface area contributed by atoms with Gasteiger partial charge in [0.25, 0.3) is 5.56 Å². The minimum atomic E-state index is -5.77. The van der Waals surface area contributed by atoms with Crippen LogP contribution in [0.25, 0.3) is 0 Å². The van der Waals surface area contributed by atoms with E-state index in [-0.39, 0.29) is 5.56 Å². The fourth-order valence-corrected chi connectivity index (χ4v) is 5.74.